The van der Waals surface area contributed by atoms with Crippen LogP contribution in [0.2, 0.25) is 0 Å². The molecule has 462 valence electrons. The van der Waals surface area contributed by atoms with Crippen molar-refractivity contribution in [1.29, 1.82) is 0 Å². The fraction of sp³-hybridized carbons (Fsp3) is 0.693. The maximum Gasteiger partial charge on any atom is 0.306 e. The molecule has 0 aromatic rings. The van der Waals surface area contributed by atoms with Crippen molar-refractivity contribution < 1.29 is 28.6 Å². The normalized spacial score (nSPS) is 12.9. The number of esters is 3. The van der Waals surface area contributed by atoms with Gasteiger partial charge in [-0.1, -0.05) is 290 Å². The van der Waals surface area contributed by atoms with Crippen molar-refractivity contribution in [3.63, 3.8) is 0 Å². The second-order valence-electron chi connectivity index (χ2n) is 22.3. The fourth-order valence-corrected chi connectivity index (χ4v) is 9.40. The maximum atomic E-state index is 12.9. The third-order valence-electron chi connectivity index (χ3n) is 14.4. The quantitative estimate of drug-likeness (QED) is 0.0261. The molecular formula is C75H126O6. The molecular weight excluding hydrogens is 997 g/mol. The smallest absolute Gasteiger partial charge is 0.306 e. The van der Waals surface area contributed by atoms with Crippen LogP contribution in [0.4, 0.5) is 0 Å². The summed E-state index contributed by atoms with van der Waals surface area (Å²) >= 11 is 0. The summed E-state index contributed by atoms with van der Waals surface area (Å²) in [6, 6.07) is 0. The Balaban J connectivity index is 4.27. The van der Waals surface area contributed by atoms with E-state index in [2.05, 4.69) is 142 Å². The summed E-state index contributed by atoms with van der Waals surface area (Å²) in [6.45, 7) is 6.40. The van der Waals surface area contributed by atoms with Gasteiger partial charge in [-0.15, -0.1) is 0 Å². The van der Waals surface area contributed by atoms with Gasteiger partial charge in [0, 0.05) is 19.3 Å². The van der Waals surface area contributed by atoms with Crippen LogP contribution in [-0.2, 0) is 28.6 Å². The van der Waals surface area contributed by atoms with Gasteiger partial charge in [-0.05, 0) is 128 Å². The molecule has 0 amide bonds. The van der Waals surface area contributed by atoms with Crippen molar-refractivity contribution in [2.24, 2.45) is 0 Å². The number of ether oxygens (including phenoxy) is 3. The van der Waals surface area contributed by atoms with Crippen molar-refractivity contribution in [1.82, 2.24) is 0 Å². The lowest BCUT2D eigenvalue weighted by Gasteiger charge is -2.18. The van der Waals surface area contributed by atoms with Gasteiger partial charge in [0.25, 0.3) is 0 Å². The van der Waals surface area contributed by atoms with Gasteiger partial charge in [-0.3, -0.25) is 14.4 Å². The number of unbranched alkanes of at least 4 members (excludes halogenated alkanes) is 30. The van der Waals surface area contributed by atoms with Gasteiger partial charge in [0.1, 0.15) is 13.2 Å². The van der Waals surface area contributed by atoms with Crippen molar-refractivity contribution in [2.75, 3.05) is 13.2 Å². The highest BCUT2D eigenvalue weighted by molar-refractivity contribution is 5.71. The summed E-state index contributed by atoms with van der Waals surface area (Å²) in [5.41, 5.74) is 0. The Bertz CT molecular complexity index is 1670. The Labute approximate surface area is 501 Å². The van der Waals surface area contributed by atoms with E-state index in [0.717, 1.165) is 122 Å². The highest BCUT2D eigenvalue weighted by Gasteiger charge is 2.19. The molecule has 0 spiro atoms. The first-order valence-electron chi connectivity index (χ1n) is 34.0. The van der Waals surface area contributed by atoms with Gasteiger partial charge in [0.15, 0.2) is 6.10 Å². The molecule has 0 aromatic carbocycles. The van der Waals surface area contributed by atoms with Crippen molar-refractivity contribution >= 4 is 17.9 Å². The van der Waals surface area contributed by atoms with Crippen LogP contribution in [0.1, 0.15) is 316 Å². The summed E-state index contributed by atoms with van der Waals surface area (Å²) in [5.74, 6) is -0.915. The number of hydrogen-bond acceptors (Lipinski definition) is 6. The zero-order chi connectivity index (χ0) is 58.5. The van der Waals surface area contributed by atoms with Gasteiger partial charge in [-0.2, -0.15) is 0 Å². The van der Waals surface area contributed by atoms with Gasteiger partial charge in [0.2, 0.25) is 0 Å². The van der Waals surface area contributed by atoms with E-state index in [0.29, 0.717) is 19.3 Å². The second kappa shape index (κ2) is 68.3. The van der Waals surface area contributed by atoms with Gasteiger partial charge < -0.3 is 14.2 Å². The van der Waals surface area contributed by atoms with Crippen LogP contribution in [0.5, 0.6) is 0 Å². The molecule has 0 radical (unpaired) electrons. The Kier molecular flexibility index (Phi) is 64.8. The Morgan fingerprint density at radius 1 is 0.259 bits per heavy atom. The van der Waals surface area contributed by atoms with E-state index in [1.165, 1.54) is 154 Å². The molecule has 0 rings (SSSR count). The molecule has 0 aromatic heterocycles. The topological polar surface area (TPSA) is 78.9 Å². The number of carbonyl (C=O) groups excluding carboxylic acids is 3. The van der Waals surface area contributed by atoms with E-state index in [1.54, 1.807) is 0 Å². The third-order valence-corrected chi connectivity index (χ3v) is 14.4. The van der Waals surface area contributed by atoms with E-state index in [1.807, 2.05) is 0 Å². The zero-order valence-corrected chi connectivity index (χ0v) is 53.0. The highest BCUT2D eigenvalue weighted by Crippen LogP contribution is 2.16. The fourth-order valence-electron chi connectivity index (χ4n) is 9.40. The zero-order valence-electron chi connectivity index (χ0n) is 53.0. The number of carbonyl (C=O) groups is 3. The molecule has 0 N–H and O–H groups in total. The Hall–Kier alpha value is -4.19. The van der Waals surface area contributed by atoms with E-state index in [4.69, 9.17) is 14.2 Å². The molecule has 6 heteroatoms. The molecule has 0 aliphatic carbocycles. The van der Waals surface area contributed by atoms with Crippen molar-refractivity contribution in [3.05, 3.63) is 122 Å². The van der Waals surface area contributed by atoms with Crippen molar-refractivity contribution in [3.8, 4) is 0 Å². The molecule has 81 heavy (non-hydrogen) atoms. The Morgan fingerprint density at radius 3 is 0.778 bits per heavy atom. The predicted octanol–water partition coefficient (Wildman–Crippen LogP) is 23.6. The van der Waals surface area contributed by atoms with Crippen LogP contribution in [-0.4, -0.2) is 37.2 Å². The molecule has 0 heterocycles. The number of allylic oxidation sites excluding steroid dienone is 20. The average molecular weight is 1120 g/mol. The summed E-state index contributed by atoms with van der Waals surface area (Å²) < 4.78 is 16.9. The maximum absolute atomic E-state index is 12.9. The largest absolute Gasteiger partial charge is 0.462 e. The molecule has 1 atom stereocenters. The Morgan fingerprint density at radius 2 is 0.481 bits per heavy atom. The van der Waals surface area contributed by atoms with Crippen LogP contribution in [0, 0.1) is 0 Å². The molecule has 0 fully saturated rings. The van der Waals surface area contributed by atoms with E-state index >= 15 is 0 Å². The van der Waals surface area contributed by atoms with Gasteiger partial charge >= 0.3 is 17.9 Å². The van der Waals surface area contributed by atoms with E-state index in [-0.39, 0.29) is 31.1 Å². The molecule has 0 aliphatic rings. The molecule has 0 saturated carbocycles. The summed E-state index contributed by atoms with van der Waals surface area (Å²) in [7, 11) is 0. The van der Waals surface area contributed by atoms with E-state index in [9.17, 15) is 14.4 Å². The van der Waals surface area contributed by atoms with Gasteiger partial charge in [0.05, 0.1) is 0 Å². The van der Waals surface area contributed by atoms with Gasteiger partial charge in [-0.25, -0.2) is 0 Å². The lowest BCUT2D eigenvalue weighted by Crippen LogP contribution is -2.30. The second-order valence-corrected chi connectivity index (χ2v) is 22.3. The van der Waals surface area contributed by atoms with Crippen LogP contribution < -0.4 is 0 Å². The van der Waals surface area contributed by atoms with Crippen molar-refractivity contribution in [2.45, 2.75) is 322 Å². The number of hydrogen-bond donors (Lipinski definition) is 0. The monoisotopic (exact) mass is 1120 g/mol. The standard InChI is InChI=1S/C75H126O6/c1-4-7-10-13-16-19-22-25-27-29-31-32-33-34-35-36-37-38-39-40-41-42-44-45-47-50-53-56-59-62-65-68-74(77)80-71-72(70-79-73(76)67-64-61-58-55-52-49-24-21-18-15-12-9-6-3)81-75(78)69-66-63-60-57-54-51-48-46-43-30-28-26-23-20-17-14-11-8-5-2/h7,9-10,12,16,18-19,21,25-28,31-32,34-35,37-38,49,52,72H,4-6,8,11,13-15,17,20,22-24,29-30,33,36,39-48,50-51,53-71H2,1-3H3/b10-7-,12-9-,19-16-,21-18-,27-25-,28-26-,32-31-,35-34-,38-37-,52-49-. The van der Waals surface area contributed by atoms with Crippen LogP contribution >= 0.6 is 0 Å². The molecule has 1 unspecified atom stereocenters. The molecule has 0 saturated heterocycles. The summed E-state index contributed by atoms with van der Waals surface area (Å²) in [5, 5.41) is 0. The molecule has 0 aliphatic heterocycles. The number of rotatable bonds is 61. The SMILES string of the molecule is CC/C=C\C/C=C\C/C=C\C/C=C\C/C=C\C/C=C\CCCCCCCCCCCCCCC(=O)OCC(COC(=O)CCCCC/C=C\C/C=C\C/C=C\CC)OC(=O)CCCCCCCCCCC/C=C\CCCCCCCC. The lowest BCUT2D eigenvalue weighted by atomic mass is 10.0. The minimum absolute atomic E-state index is 0.0895. The minimum Gasteiger partial charge on any atom is -0.462 e. The molecule has 6 nitrogen and oxygen atoms in total. The van der Waals surface area contributed by atoms with Crippen LogP contribution in [0.3, 0.4) is 0 Å². The predicted molar refractivity (Wildman–Crippen MR) is 353 cm³/mol. The van der Waals surface area contributed by atoms with Crippen LogP contribution in [0.15, 0.2) is 122 Å². The minimum atomic E-state index is -0.795. The molecule has 0 bridgehead atoms. The first-order chi connectivity index (χ1) is 40.0. The average Bonchev–Trinajstić information content (AvgIpc) is 3.46. The summed E-state index contributed by atoms with van der Waals surface area (Å²) in [4.78, 5) is 38.4. The lowest BCUT2D eigenvalue weighted by molar-refractivity contribution is -0.167. The summed E-state index contributed by atoms with van der Waals surface area (Å²) in [6.07, 6.45) is 95.1. The van der Waals surface area contributed by atoms with E-state index < -0.39 is 6.10 Å². The third kappa shape index (κ3) is 66.5. The highest BCUT2D eigenvalue weighted by atomic mass is 16.6. The van der Waals surface area contributed by atoms with Crippen LogP contribution in [0.25, 0.3) is 0 Å². The first kappa shape index (κ1) is 76.8. The first-order valence-corrected chi connectivity index (χ1v) is 34.0.